The van der Waals surface area contributed by atoms with Crippen LogP contribution < -0.4 is 0 Å². The summed E-state index contributed by atoms with van der Waals surface area (Å²) in [5.41, 5.74) is 1.19. The highest BCUT2D eigenvalue weighted by Crippen LogP contribution is 2.14. The van der Waals surface area contributed by atoms with Crippen molar-refractivity contribution < 1.29 is 9.53 Å². The molecule has 1 heterocycles. The molecular weight excluding hydrogens is 204 g/mol. The lowest BCUT2D eigenvalue weighted by Crippen LogP contribution is -2.40. The average Bonchev–Trinajstić information content (AvgIpc) is 2.39. The molecule has 1 aliphatic heterocycles. The van der Waals surface area contributed by atoms with Crippen molar-refractivity contribution in [2.75, 3.05) is 26.3 Å². The van der Waals surface area contributed by atoms with Gasteiger partial charge in [-0.25, -0.2) is 4.85 Å². The first kappa shape index (κ1) is 10.7. The Kier molecular flexibility index (Phi) is 3.18. The van der Waals surface area contributed by atoms with Crippen LogP contribution >= 0.6 is 0 Å². The van der Waals surface area contributed by atoms with Crippen LogP contribution in [0.2, 0.25) is 0 Å². The molecule has 82 valence electrons. The molecule has 0 aliphatic carbocycles. The number of benzene rings is 1. The lowest BCUT2D eigenvalue weighted by atomic mass is 10.2. The number of ether oxygens (including phenoxy) is 1. The Morgan fingerprint density at radius 2 is 1.88 bits per heavy atom. The number of rotatable bonds is 1. The molecule has 4 nitrogen and oxygen atoms in total. The van der Waals surface area contributed by atoms with Gasteiger partial charge in [0.15, 0.2) is 5.69 Å². The Morgan fingerprint density at radius 1 is 1.25 bits per heavy atom. The summed E-state index contributed by atoms with van der Waals surface area (Å²) in [6, 6.07) is 6.73. The first-order chi connectivity index (χ1) is 7.81. The standard InChI is InChI=1S/C12H12N2O2/c1-13-11-4-2-10(3-5-11)12(15)14-6-8-16-9-7-14/h2-5H,6-9H2. The first-order valence-corrected chi connectivity index (χ1v) is 5.16. The maximum Gasteiger partial charge on any atom is 0.253 e. The monoisotopic (exact) mass is 216 g/mol. The maximum atomic E-state index is 12.0. The molecule has 16 heavy (non-hydrogen) atoms. The number of carbonyl (C=O) groups is 1. The van der Waals surface area contributed by atoms with E-state index < -0.39 is 0 Å². The zero-order chi connectivity index (χ0) is 11.4. The number of hydrogen-bond donors (Lipinski definition) is 0. The minimum Gasteiger partial charge on any atom is -0.378 e. The quantitative estimate of drug-likeness (QED) is 0.670. The third-order valence-electron chi connectivity index (χ3n) is 2.54. The van der Waals surface area contributed by atoms with E-state index in [-0.39, 0.29) is 5.91 Å². The van der Waals surface area contributed by atoms with E-state index in [2.05, 4.69) is 4.85 Å². The van der Waals surface area contributed by atoms with Crippen LogP contribution in [0.5, 0.6) is 0 Å². The van der Waals surface area contributed by atoms with Crippen molar-refractivity contribution in [3.8, 4) is 0 Å². The summed E-state index contributed by atoms with van der Waals surface area (Å²) < 4.78 is 5.19. The largest absolute Gasteiger partial charge is 0.378 e. The third-order valence-corrected chi connectivity index (χ3v) is 2.54. The summed E-state index contributed by atoms with van der Waals surface area (Å²) >= 11 is 0. The predicted octanol–water partition coefficient (Wildman–Crippen LogP) is 1.71. The number of morpholine rings is 1. The molecule has 1 fully saturated rings. The van der Waals surface area contributed by atoms with Gasteiger partial charge in [0, 0.05) is 18.7 Å². The van der Waals surface area contributed by atoms with Gasteiger partial charge in [0.2, 0.25) is 0 Å². The molecule has 0 atom stereocenters. The van der Waals surface area contributed by atoms with Crippen LogP contribution in [0, 0.1) is 6.57 Å². The molecule has 0 bridgehead atoms. The predicted molar refractivity (Wildman–Crippen MR) is 59.4 cm³/mol. The molecule has 0 saturated carbocycles. The Bertz CT molecular complexity index is 414. The van der Waals surface area contributed by atoms with Crippen LogP contribution in [0.1, 0.15) is 10.4 Å². The second-order valence-electron chi connectivity index (χ2n) is 3.56. The topological polar surface area (TPSA) is 33.9 Å². The van der Waals surface area contributed by atoms with E-state index >= 15 is 0 Å². The van der Waals surface area contributed by atoms with Crippen molar-refractivity contribution in [3.63, 3.8) is 0 Å². The van der Waals surface area contributed by atoms with Gasteiger partial charge in [-0.15, -0.1) is 0 Å². The van der Waals surface area contributed by atoms with Crippen molar-refractivity contribution in [2.45, 2.75) is 0 Å². The molecule has 1 amide bonds. The van der Waals surface area contributed by atoms with Crippen molar-refractivity contribution in [3.05, 3.63) is 41.2 Å². The number of nitrogens with zero attached hydrogens (tertiary/aromatic N) is 2. The zero-order valence-electron chi connectivity index (χ0n) is 8.85. The smallest absolute Gasteiger partial charge is 0.253 e. The van der Waals surface area contributed by atoms with Crippen molar-refractivity contribution in [1.29, 1.82) is 0 Å². The van der Waals surface area contributed by atoms with Crippen LogP contribution in [0.3, 0.4) is 0 Å². The van der Waals surface area contributed by atoms with Gasteiger partial charge in [-0.05, 0) is 0 Å². The molecule has 1 aliphatic rings. The van der Waals surface area contributed by atoms with Crippen LogP contribution in [-0.4, -0.2) is 37.1 Å². The second-order valence-corrected chi connectivity index (χ2v) is 3.56. The van der Waals surface area contributed by atoms with Gasteiger partial charge >= 0.3 is 0 Å². The Labute approximate surface area is 94.3 Å². The number of carbonyl (C=O) groups excluding carboxylic acids is 1. The molecule has 1 aromatic carbocycles. The first-order valence-electron chi connectivity index (χ1n) is 5.16. The van der Waals surface area contributed by atoms with E-state index in [1.54, 1.807) is 29.2 Å². The van der Waals surface area contributed by atoms with Crippen LogP contribution in [-0.2, 0) is 4.74 Å². The molecule has 0 aromatic heterocycles. The summed E-state index contributed by atoms with van der Waals surface area (Å²) in [4.78, 5) is 17.1. The Balaban J connectivity index is 2.11. The van der Waals surface area contributed by atoms with Gasteiger partial charge in [-0.2, -0.15) is 0 Å². The fourth-order valence-corrected chi connectivity index (χ4v) is 1.63. The maximum absolute atomic E-state index is 12.0. The Hall–Kier alpha value is -1.86. The van der Waals surface area contributed by atoms with Crippen molar-refractivity contribution in [2.24, 2.45) is 0 Å². The fourth-order valence-electron chi connectivity index (χ4n) is 1.63. The molecular formula is C12H12N2O2. The fraction of sp³-hybridized carbons (Fsp3) is 0.333. The average molecular weight is 216 g/mol. The summed E-state index contributed by atoms with van der Waals surface area (Å²) in [6.45, 7) is 9.32. The summed E-state index contributed by atoms with van der Waals surface area (Å²) in [6.07, 6.45) is 0. The van der Waals surface area contributed by atoms with Crippen LogP contribution in [0.15, 0.2) is 24.3 Å². The van der Waals surface area contributed by atoms with E-state index in [0.29, 0.717) is 37.6 Å². The number of amides is 1. The van der Waals surface area contributed by atoms with Crippen LogP contribution in [0.25, 0.3) is 4.85 Å². The van der Waals surface area contributed by atoms with Gasteiger partial charge in [-0.1, -0.05) is 24.3 Å². The van der Waals surface area contributed by atoms with Gasteiger partial charge in [0.1, 0.15) is 0 Å². The highest BCUT2D eigenvalue weighted by Gasteiger charge is 2.17. The second kappa shape index (κ2) is 4.77. The van der Waals surface area contributed by atoms with E-state index in [9.17, 15) is 4.79 Å². The van der Waals surface area contributed by atoms with Gasteiger partial charge in [0.25, 0.3) is 5.91 Å². The molecule has 4 heteroatoms. The van der Waals surface area contributed by atoms with E-state index in [4.69, 9.17) is 11.3 Å². The minimum absolute atomic E-state index is 0.0137. The van der Waals surface area contributed by atoms with E-state index in [1.807, 2.05) is 0 Å². The Morgan fingerprint density at radius 3 is 2.44 bits per heavy atom. The molecule has 0 unspecified atom stereocenters. The van der Waals surface area contributed by atoms with Gasteiger partial charge in [0.05, 0.1) is 19.8 Å². The highest BCUT2D eigenvalue weighted by atomic mass is 16.5. The molecule has 0 spiro atoms. The van der Waals surface area contributed by atoms with Crippen molar-refractivity contribution >= 4 is 11.6 Å². The normalized spacial score (nSPS) is 15.6. The summed E-state index contributed by atoms with van der Waals surface area (Å²) in [5.74, 6) is 0.0137. The summed E-state index contributed by atoms with van der Waals surface area (Å²) in [5, 5.41) is 0. The number of hydrogen-bond acceptors (Lipinski definition) is 2. The zero-order valence-corrected chi connectivity index (χ0v) is 8.85. The lowest BCUT2D eigenvalue weighted by molar-refractivity contribution is 0.0303. The summed E-state index contributed by atoms with van der Waals surface area (Å²) in [7, 11) is 0. The van der Waals surface area contributed by atoms with Crippen molar-refractivity contribution in [1.82, 2.24) is 4.90 Å². The SMILES string of the molecule is [C-]#[N+]c1ccc(C(=O)N2CCOCC2)cc1. The lowest BCUT2D eigenvalue weighted by Gasteiger charge is -2.26. The van der Waals surface area contributed by atoms with Gasteiger partial charge in [-0.3, -0.25) is 4.79 Å². The van der Waals surface area contributed by atoms with E-state index in [1.165, 1.54) is 0 Å². The molecule has 2 rings (SSSR count). The van der Waals surface area contributed by atoms with E-state index in [0.717, 1.165) is 0 Å². The molecule has 1 aromatic rings. The minimum atomic E-state index is 0.0137. The molecule has 1 saturated heterocycles. The van der Waals surface area contributed by atoms with Crippen LogP contribution in [0.4, 0.5) is 5.69 Å². The molecule has 0 N–H and O–H groups in total. The molecule has 0 radical (unpaired) electrons. The van der Waals surface area contributed by atoms with Gasteiger partial charge < -0.3 is 9.64 Å². The highest BCUT2D eigenvalue weighted by molar-refractivity contribution is 5.94. The third kappa shape index (κ3) is 2.20.